The second-order valence-electron chi connectivity index (χ2n) is 4.28. The molecule has 0 saturated heterocycles. The maximum Gasteiger partial charge on any atom is 0.501 e. The Balaban J connectivity index is 3.08. The Labute approximate surface area is 110 Å². The number of sulfone groups is 1. The van der Waals surface area contributed by atoms with Gasteiger partial charge in [0.25, 0.3) is 9.84 Å². The topological polar surface area (TPSA) is 54.4 Å². The number of aliphatic hydroxyl groups excluding tert-OH is 1. The summed E-state index contributed by atoms with van der Waals surface area (Å²) in [5.74, 6) is -0.271. The standard InChI is InChI=1S/C12H15F3O3S/c1-3-11(16)8(2)9-4-6-10(7-5-9)19(17,18)12(13,14)15/h4-8,11,16H,3H2,1-2H3. The van der Waals surface area contributed by atoms with Crippen LogP contribution in [0.2, 0.25) is 0 Å². The lowest BCUT2D eigenvalue weighted by atomic mass is 9.94. The fourth-order valence-corrected chi connectivity index (χ4v) is 2.42. The lowest BCUT2D eigenvalue weighted by Crippen LogP contribution is -2.23. The molecule has 19 heavy (non-hydrogen) atoms. The van der Waals surface area contributed by atoms with E-state index in [0.717, 1.165) is 12.1 Å². The van der Waals surface area contributed by atoms with Crippen LogP contribution in [0, 0.1) is 0 Å². The molecule has 0 saturated carbocycles. The van der Waals surface area contributed by atoms with Crippen LogP contribution in [-0.4, -0.2) is 25.1 Å². The van der Waals surface area contributed by atoms with E-state index in [-0.39, 0.29) is 5.92 Å². The molecular formula is C12H15F3O3S. The van der Waals surface area contributed by atoms with Crippen molar-refractivity contribution in [2.75, 3.05) is 0 Å². The number of rotatable bonds is 4. The summed E-state index contributed by atoms with van der Waals surface area (Å²) in [6.07, 6.45) is -0.117. The molecule has 3 nitrogen and oxygen atoms in total. The first-order chi connectivity index (χ1) is 8.61. The second kappa shape index (κ2) is 5.50. The van der Waals surface area contributed by atoms with E-state index < -0.39 is 26.3 Å². The number of hydrogen-bond acceptors (Lipinski definition) is 3. The van der Waals surface area contributed by atoms with E-state index in [1.165, 1.54) is 12.1 Å². The molecule has 1 aromatic rings. The van der Waals surface area contributed by atoms with Crippen molar-refractivity contribution >= 4 is 9.84 Å². The van der Waals surface area contributed by atoms with E-state index in [1.54, 1.807) is 13.8 Å². The first-order valence-electron chi connectivity index (χ1n) is 5.70. The smallest absolute Gasteiger partial charge is 0.393 e. The fraction of sp³-hybridized carbons (Fsp3) is 0.500. The molecule has 1 aromatic carbocycles. The molecule has 2 unspecified atom stereocenters. The second-order valence-corrected chi connectivity index (χ2v) is 6.22. The molecule has 108 valence electrons. The fourth-order valence-electron chi connectivity index (χ4n) is 1.66. The third-order valence-corrected chi connectivity index (χ3v) is 4.52. The van der Waals surface area contributed by atoms with Gasteiger partial charge >= 0.3 is 5.51 Å². The van der Waals surface area contributed by atoms with E-state index in [1.807, 2.05) is 0 Å². The van der Waals surface area contributed by atoms with Crippen molar-refractivity contribution in [2.45, 2.75) is 42.7 Å². The van der Waals surface area contributed by atoms with Gasteiger partial charge in [0.1, 0.15) is 0 Å². The third-order valence-electron chi connectivity index (χ3n) is 3.02. The third kappa shape index (κ3) is 3.27. The molecule has 0 aliphatic heterocycles. The molecule has 0 radical (unpaired) electrons. The average molecular weight is 296 g/mol. The molecule has 0 heterocycles. The first kappa shape index (κ1) is 16.0. The molecule has 0 aromatic heterocycles. The van der Waals surface area contributed by atoms with Crippen molar-refractivity contribution < 1.29 is 26.7 Å². The SMILES string of the molecule is CCC(O)C(C)c1ccc(S(=O)(=O)C(F)(F)F)cc1. The predicted octanol–water partition coefficient (Wildman–Crippen LogP) is 2.85. The highest BCUT2D eigenvalue weighted by Gasteiger charge is 2.46. The van der Waals surface area contributed by atoms with Crippen molar-refractivity contribution in [2.24, 2.45) is 0 Å². The van der Waals surface area contributed by atoms with Crippen LogP contribution in [0.5, 0.6) is 0 Å². The molecule has 2 atom stereocenters. The van der Waals surface area contributed by atoms with Gasteiger partial charge in [0.05, 0.1) is 11.0 Å². The van der Waals surface area contributed by atoms with Gasteiger partial charge in [-0.15, -0.1) is 0 Å². The highest BCUT2D eigenvalue weighted by Crippen LogP contribution is 2.31. The Bertz CT molecular complexity index is 520. The van der Waals surface area contributed by atoms with Crippen molar-refractivity contribution in [3.63, 3.8) is 0 Å². The monoisotopic (exact) mass is 296 g/mol. The van der Waals surface area contributed by atoms with Crippen molar-refractivity contribution in [1.29, 1.82) is 0 Å². The van der Waals surface area contributed by atoms with E-state index >= 15 is 0 Å². The van der Waals surface area contributed by atoms with Crippen LogP contribution in [0.25, 0.3) is 0 Å². The van der Waals surface area contributed by atoms with Crippen LogP contribution >= 0.6 is 0 Å². The zero-order valence-corrected chi connectivity index (χ0v) is 11.3. The number of benzene rings is 1. The Hall–Kier alpha value is -1.08. The number of alkyl halides is 3. The van der Waals surface area contributed by atoms with E-state index in [9.17, 15) is 26.7 Å². The van der Waals surface area contributed by atoms with Crippen molar-refractivity contribution in [3.8, 4) is 0 Å². The largest absolute Gasteiger partial charge is 0.501 e. The van der Waals surface area contributed by atoms with Crippen molar-refractivity contribution in [1.82, 2.24) is 0 Å². The zero-order chi connectivity index (χ0) is 14.8. The van der Waals surface area contributed by atoms with Gasteiger partial charge in [-0.25, -0.2) is 8.42 Å². The maximum absolute atomic E-state index is 12.3. The van der Waals surface area contributed by atoms with Crippen LogP contribution in [0.15, 0.2) is 29.2 Å². The molecule has 1 rings (SSSR count). The highest BCUT2D eigenvalue weighted by atomic mass is 32.2. The number of aliphatic hydroxyl groups is 1. The van der Waals surface area contributed by atoms with Gasteiger partial charge in [-0.2, -0.15) is 13.2 Å². The summed E-state index contributed by atoms with van der Waals surface area (Å²) >= 11 is 0. The van der Waals surface area contributed by atoms with Crippen LogP contribution in [0.3, 0.4) is 0 Å². The molecule has 0 bridgehead atoms. The molecular weight excluding hydrogens is 281 g/mol. The molecule has 0 spiro atoms. The number of halogens is 3. The predicted molar refractivity (Wildman–Crippen MR) is 64.4 cm³/mol. The first-order valence-corrected chi connectivity index (χ1v) is 7.19. The summed E-state index contributed by atoms with van der Waals surface area (Å²) in [7, 11) is -5.31. The minimum atomic E-state index is -5.31. The van der Waals surface area contributed by atoms with Gasteiger partial charge in [0, 0.05) is 5.92 Å². The van der Waals surface area contributed by atoms with Gasteiger partial charge < -0.3 is 5.11 Å². The van der Waals surface area contributed by atoms with Gasteiger partial charge in [0.2, 0.25) is 0 Å². The van der Waals surface area contributed by atoms with Crippen LogP contribution in [0.1, 0.15) is 31.7 Å². The van der Waals surface area contributed by atoms with Gasteiger partial charge in [-0.3, -0.25) is 0 Å². The highest BCUT2D eigenvalue weighted by molar-refractivity contribution is 7.92. The zero-order valence-electron chi connectivity index (χ0n) is 10.5. The lowest BCUT2D eigenvalue weighted by Gasteiger charge is -2.18. The maximum atomic E-state index is 12.3. The number of hydrogen-bond donors (Lipinski definition) is 1. The molecule has 0 aliphatic rings. The molecule has 0 aliphatic carbocycles. The summed E-state index contributed by atoms with van der Waals surface area (Å²) in [5.41, 5.74) is -4.71. The molecule has 0 fully saturated rings. The van der Waals surface area contributed by atoms with Crippen molar-refractivity contribution in [3.05, 3.63) is 29.8 Å². The van der Waals surface area contributed by atoms with Crippen LogP contribution < -0.4 is 0 Å². The van der Waals surface area contributed by atoms with Gasteiger partial charge in [-0.1, -0.05) is 26.0 Å². The molecule has 0 amide bonds. The van der Waals surface area contributed by atoms with Crippen LogP contribution in [0.4, 0.5) is 13.2 Å². The summed E-state index contributed by atoms with van der Waals surface area (Å²) in [5, 5.41) is 9.64. The van der Waals surface area contributed by atoms with Gasteiger partial charge in [0.15, 0.2) is 0 Å². The Morgan fingerprint density at radius 1 is 1.21 bits per heavy atom. The summed E-state index contributed by atoms with van der Waals surface area (Å²) in [6.45, 7) is 3.51. The van der Waals surface area contributed by atoms with E-state index in [0.29, 0.717) is 12.0 Å². The summed E-state index contributed by atoms with van der Waals surface area (Å²) < 4.78 is 59.3. The minimum absolute atomic E-state index is 0.271. The summed E-state index contributed by atoms with van der Waals surface area (Å²) in [6, 6.07) is 4.42. The van der Waals surface area contributed by atoms with E-state index in [2.05, 4.69) is 0 Å². The Morgan fingerprint density at radius 3 is 2.05 bits per heavy atom. The molecule has 1 N–H and O–H groups in total. The Morgan fingerprint density at radius 2 is 1.68 bits per heavy atom. The lowest BCUT2D eigenvalue weighted by molar-refractivity contribution is -0.0436. The minimum Gasteiger partial charge on any atom is -0.393 e. The quantitative estimate of drug-likeness (QED) is 0.929. The Kier molecular flexibility index (Phi) is 4.63. The summed E-state index contributed by atoms with van der Waals surface area (Å²) in [4.78, 5) is -0.790. The normalized spacial score (nSPS) is 16.1. The molecule has 7 heteroatoms. The van der Waals surface area contributed by atoms with Crippen LogP contribution in [-0.2, 0) is 9.84 Å². The van der Waals surface area contributed by atoms with E-state index in [4.69, 9.17) is 0 Å². The average Bonchev–Trinajstić information content (AvgIpc) is 2.35. The van der Waals surface area contributed by atoms with Gasteiger partial charge in [-0.05, 0) is 24.1 Å².